The standard InChI is InChI=1S/C12H14ClN3O2S2/c1-3-9-6-15-12(19-9)8(2)16-20(17,18)11-7-14-5-4-10(11)13/h4-8,16H,3H2,1-2H3. The Kier molecular flexibility index (Phi) is 4.74. The van der Waals surface area contributed by atoms with Crippen molar-refractivity contribution < 1.29 is 8.42 Å². The molecular weight excluding hydrogens is 318 g/mol. The Morgan fingerprint density at radius 1 is 1.45 bits per heavy atom. The van der Waals surface area contributed by atoms with Crippen molar-refractivity contribution in [2.75, 3.05) is 0 Å². The van der Waals surface area contributed by atoms with Crippen LogP contribution in [0.3, 0.4) is 0 Å². The van der Waals surface area contributed by atoms with E-state index in [1.165, 1.54) is 29.8 Å². The first-order chi connectivity index (χ1) is 9.44. The van der Waals surface area contributed by atoms with Crippen molar-refractivity contribution in [2.24, 2.45) is 0 Å². The summed E-state index contributed by atoms with van der Waals surface area (Å²) in [5.41, 5.74) is 0. The summed E-state index contributed by atoms with van der Waals surface area (Å²) < 4.78 is 27.1. The molecule has 0 aromatic carbocycles. The van der Waals surface area contributed by atoms with Crippen molar-refractivity contribution >= 4 is 33.0 Å². The van der Waals surface area contributed by atoms with Gasteiger partial charge in [-0.05, 0) is 19.4 Å². The third-order valence-electron chi connectivity index (χ3n) is 2.65. The second-order valence-electron chi connectivity index (χ2n) is 4.17. The fourth-order valence-corrected chi connectivity index (χ4v) is 4.17. The molecule has 0 aliphatic carbocycles. The van der Waals surface area contributed by atoms with Gasteiger partial charge in [-0.2, -0.15) is 0 Å². The van der Waals surface area contributed by atoms with E-state index < -0.39 is 16.1 Å². The molecule has 2 rings (SSSR count). The predicted molar refractivity (Wildman–Crippen MR) is 79.5 cm³/mol. The maximum Gasteiger partial charge on any atom is 0.244 e. The van der Waals surface area contributed by atoms with Gasteiger partial charge < -0.3 is 0 Å². The largest absolute Gasteiger partial charge is 0.263 e. The second kappa shape index (κ2) is 6.17. The van der Waals surface area contributed by atoms with Gasteiger partial charge in [-0.1, -0.05) is 18.5 Å². The first-order valence-corrected chi connectivity index (χ1v) is 8.68. The Bertz CT molecular complexity index is 700. The van der Waals surface area contributed by atoms with E-state index >= 15 is 0 Å². The molecule has 5 nitrogen and oxygen atoms in total. The van der Waals surface area contributed by atoms with Gasteiger partial charge >= 0.3 is 0 Å². The van der Waals surface area contributed by atoms with Gasteiger partial charge in [0, 0.05) is 23.5 Å². The Hall–Kier alpha value is -1.02. The van der Waals surface area contributed by atoms with Crippen LogP contribution in [0.4, 0.5) is 0 Å². The van der Waals surface area contributed by atoms with Gasteiger partial charge in [-0.15, -0.1) is 11.3 Å². The lowest BCUT2D eigenvalue weighted by Gasteiger charge is -2.12. The number of aromatic nitrogens is 2. The van der Waals surface area contributed by atoms with Gasteiger partial charge in [0.25, 0.3) is 0 Å². The summed E-state index contributed by atoms with van der Waals surface area (Å²) in [5.74, 6) is 0. The Balaban J connectivity index is 2.22. The molecule has 20 heavy (non-hydrogen) atoms. The molecule has 0 amide bonds. The fraction of sp³-hybridized carbons (Fsp3) is 0.333. The van der Waals surface area contributed by atoms with Crippen molar-refractivity contribution in [1.82, 2.24) is 14.7 Å². The summed E-state index contributed by atoms with van der Waals surface area (Å²) >= 11 is 7.39. The summed E-state index contributed by atoms with van der Waals surface area (Å²) in [6, 6.07) is 1.03. The van der Waals surface area contributed by atoms with Gasteiger partial charge in [-0.25, -0.2) is 18.1 Å². The van der Waals surface area contributed by atoms with Gasteiger partial charge in [0.1, 0.15) is 9.90 Å². The number of thiazole rings is 1. The highest BCUT2D eigenvalue weighted by Gasteiger charge is 2.22. The molecule has 2 aromatic heterocycles. The zero-order chi connectivity index (χ0) is 14.8. The van der Waals surface area contributed by atoms with E-state index in [0.29, 0.717) is 0 Å². The average molecular weight is 332 g/mol. The molecule has 8 heteroatoms. The van der Waals surface area contributed by atoms with E-state index in [0.717, 1.165) is 16.3 Å². The van der Waals surface area contributed by atoms with Crippen molar-refractivity contribution in [1.29, 1.82) is 0 Å². The zero-order valence-corrected chi connectivity index (χ0v) is 13.4. The molecular formula is C12H14ClN3O2S2. The zero-order valence-electron chi connectivity index (χ0n) is 11.0. The van der Waals surface area contributed by atoms with E-state index in [2.05, 4.69) is 14.7 Å². The predicted octanol–water partition coefficient (Wildman–Crippen LogP) is 2.79. The number of hydrogen-bond donors (Lipinski definition) is 1. The van der Waals surface area contributed by atoms with Crippen LogP contribution in [0.1, 0.15) is 29.8 Å². The lowest BCUT2D eigenvalue weighted by atomic mass is 10.4. The van der Waals surface area contributed by atoms with Crippen LogP contribution in [0.15, 0.2) is 29.6 Å². The number of pyridine rings is 1. The van der Waals surface area contributed by atoms with E-state index in [1.807, 2.05) is 6.92 Å². The maximum absolute atomic E-state index is 12.3. The monoisotopic (exact) mass is 331 g/mol. The summed E-state index contributed by atoms with van der Waals surface area (Å²) in [7, 11) is -3.71. The molecule has 2 aromatic rings. The molecule has 1 N–H and O–H groups in total. The van der Waals surface area contributed by atoms with E-state index in [9.17, 15) is 8.42 Å². The van der Waals surface area contributed by atoms with Crippen LogP contribution in [0.25, 0.3) is 0 Å². The van der Waals surface area contributed by atoms with Crippen LogP contribution in [-0.2, 0) is 16.4 Å². The molecule has 0 saturated carbocycles. The first-order valence-electron chi connectivity index (χ1n) is 6.00. The number of rotatable bonds is 5. The van der Waals surface area contributed by atoms with Crippen LogP contribution in [-0.4, -0.2) is 18.4 Å². The number of halogens is 1. The summed E-state index contributed by atoms with van der Waals surface area (Å²) in [4.78, 5) is 9.11. The van der Waals surface area contributed by atoms with Crippen molar-refractivity contribution in [3.63, 3.8) is 0 Å². The second-order valence-corrected chi connectivity index (χ2v) is 7.40. The molecule has 0 spiro atoms. The Morgan fingerprint density at radius 3 is 2.80 bits per heavy atom. The highest BCUT2D eigenvalue weighted by molar-refractivity contribution is 7.89. The van der Waals surface area contributed by atoms with Crippen LogP contribution in [0.5, 0.6) is 0 Å². The molecule has 0 radical (unpaired) electrons. The highest BCUT2D eigenvalue weighted by atomic mass is 35.5. The van der Waals surface area contributed by atoms with Crippen LogP contribution in [0, 0.1) is 0 Å². The molecule has 0 fully saturated rings. The molecule has 1 atom stereocenters. The number of hydrogen-bond acceptors (Lipinski definition) is 5. The van der Waals surface area contributed by atoms with Crippen LogP contribution in [0.2, 0.25) is 5.02 Å². The Morgan fingerprint density at radius 2 is 2.20 bits per heavy atom. The Labute approximate surface area is 127 Å². The summed E-state index contributed by atoms with van der Waals surface area (Å²) in [6.07, 6.45) is 5.32. The van der Waals surface area contributed by atoms with Gasteiger partial charge in [-0.3, -0.25) is 4.98 Å². The third kappa shape index (κ3) is 3.35. The minimum atomic E-state index is -3.71. The van der Waals surface area contributed by atoms with Crippen LogP contribution < -0.4 is 4.72 Å². The lowest BCUT2D eigenvalue weighted by Crippen LogP contribution is -2.27. The molecule has 0 aliphatic rings. The molecule has 0 saturated heterocycles. The van der Waals surface area contributed by atoms with Crippen molar-refractivity contribution in [3.8, 4) is 0 Å². The third-order valence-corrected chi connectivity index (χ3v) is 5.98. The molecule has 2 heterocycles. The van der Waals surface area contributed by atoms with E-state index in [4.69, 9.17) is 11.6 Å². The number of sulfonamides is 1. The summed E-state index contributed by atoms with van der Waals surface area (Å²) in [6.45, 7) is 3.78. The summed E-state index contributed by atoms with van der Waals surface area (Å²) in [5, 5.41) is 0.874. The normalized spacial score (nSPS) is 13.3. The molecule has 108 valence electrons. The van der Waals surface area contributed by atoms with Gasteiger partial charge in [0.05, 0.1) is 11.1 Å². The number of nitrogens with one attached hydrogen (secondary N) is 1. The quantitative estimate of drug-likeness (QED) is 0.914. The minimum absolute atomic E-state index is 0.0270. The average Bonchev–Trinajstić information content (AvgIpc) is 2.87. The first kappa shape index (κ1) is 15.4. The lowest BCUT2D eigenvalue weighted by molar-refractivity contribution is 0.566. The number of aryl methyl sites for hydroxylation is 1. The highest BCUT2D eigenvalue weighted by Crippen LogP contribution is 2.24. The molecule has 0 bridgehead atoms. The van der Waals surface area contributed by atoms with Gasteiger partial charge in [0.2, 0.25) is 10.0 Å². The topological polar surface area (TPSA) is 72.0 Å². The van der Waals surface area contributed by atoms with Gasteiger partial charge in [0.15, 0.2) is 0 Å². The van der Waals surface area contributed by atoms with E-state index in [-0.39, 0.29) is 9.92 Å². The van der Waals surface area contributed by atoms with Crippen LogP contribution >= 0.6 is 22.9 Å². The van der Waals surface area contributed by atoms with E-state index in [1.54, 1.807) is 13.1 Å². The minimum Gasteiger partial charge on any atom is -0.263 e. The molecule has 0 aliphatic heterocycles. The maximum atomic E-state index is 12.3. The smallest absolute Gasteiger partial charge is 0.244 e. The number of nitrogens with zero attached hydrogens (tertiary/aromatic N) is 2. The SMILES string of the molecule is CCc1cnc(C(C)NS(=O)(=O)c2cnccc2Cl)s1. The molecule has 1 unspecified atom stereocenters. The van der Waals surface area contributed by atoms with Crippen molar-refractivity contribution in [3.05, 3.63) is 39.6 Å². The fourth-order valence-electron chi connectivity index (χ4n) is 1.59. The van der Waals surface area contributed by atoms with Crippen molar-refractivity contribution in [2.45, 2.75) is 31.2 Å².